The Labute approximate surface area is 451 Å². The van der Waals surface area contributed by atoms with Crippen LogP contribution in [0.4, 0.5) is 0 Å². The van der Waals surface area contributed by atoms with E-state index in [2.05, 4.69) is 0 Å². The van der Waals surface area contributed by atoms with Gasteiger partial charge in [0.15, 0.2) is 57.7 Å². The number of aliphatic hydroxyl groups is 4. The van der Waals surface area contributed by atoms with Crippen molar-refractivity contribution in [3.8, 4) is 80.5 Å². The van der Waals surface area contributed by atoms with Crippen molar-refractivity contribution in [2.24, 2.45) is 0 Å². The number of hydrogen-bond donors (Lipinski definition) is 13. The van der Waals surface area contributed by atoms with Crippen LogP contribution in [0.25, 0.3) is 12.2 Å². The molecule has 6 aromatic carbocycles. The van der Waals surface area contributed by atoms with E-state index in [1.165, 1.54) is 36.4 Å². The fourth-order valence-corrected chi connectivity index (χ4v) is 9.95. The molecular weight excluding hydrogens is 1080 g/mol. The summed E-state index contributed by atoms with van der Waals surface area (Å²) in [7, 11) is 0. The van der Waals surface area contributed by atoms with Gasteiger partial charge in [-0.25, -0.2) is 14.4 Å². The number of carboxylic acid groups (broad SMARTS) is 1. The number of phenols is 8. The number of Topliss-reactive ketones (excluding diaryl/α,β-unsaturated/α-hetero) is 2. The number of fused-ring (bicyclic) bond motifs is 6. The summed E-state index contributed by atoms with van der Waals surface area (Å²) in [5.41, 5.74) is -4.34. The zero-order chi connectivity index (χ0) is 57.9. The third-order valence-electron chi connectivity index (χ3n) is 13.8. The van der Waals surface area contributed by atoms with E-state index in [0.29, 0.717) is 0 Å². The predicted octanol–water partition coefficient (Wildman–Crippen LogP) is 3.03. The largest absolute Gasteiger partial charge is 0.508 e. The molecule has 4 unspecified atom stereocenters. The molecule has 6 aromatic rings. The molecule has 81 heavy (non-hydrogen) atoms. The molecule has 26 heteroatoms. The lowest BCUT2D eigenvalue weighted by Gasteiger charge is -2.50. The second kappa shape index (κ2) is 18.3. The average Bonchev–Trinajstić information content (AvgIpc) is 1.20. The predicted molar refractivity (Wildman–Crippen MR) is 263 cm³/mol. The Morgan fingerprint density at radius 3 is 1.40 bits per heavy atom. The quantitative estimate of drug-likeness (QED) is 0.0562. The van der Waals surface area contributed by atoms with Gasteiger partial charge in [-0.2, -0.15) is 0 Å². The number of ketones is 2. The second-order valence-corrected chi connectivity index (χ2v) is 19.1. The monoisotopic (exact) mass is 1120 g/mol. The molecule has 1 saturated carbocycles. The number of aromatic hydroxyl groups is 8. The van der Waals surface area contributed by atoms with Crippen molar-refractivity contribution in [1.82, 2.24) is 0 Å². The van der Waals surface area contributed by atoms with E-state index in [-0.39, 0.29) is 45.3 Å². The average molecular weight is 1120 g/mol. The number of ether oxygens (including phenoxy) is 8. The highest BCUT2D eigenvalue weighted by Gasteiger charge is 2.72. The van der Waals surface area contributed by atoms with Gasteiger partial charge in [0.05, 0.1) is 6.10 Å². The molecule has 416 valence electrons. The standard InChI is InChI=1S/C55H40O26/c56-27-18-34(63)46-40(19-27)80-54(25-5-7-29(58)31(60)15-25)53(73,49(46)68)77-38-13-23(2-10-37(38)78-54)3-11-43(65)74-42-22-51(71,50(69)70)21-35(64)47(42)75-44(66)12-4-24-1-9-36-39(14-24)79-55(26-6-8-30(59)32(61)16-26)52(72,76-36)48(67)45-33(62)17-28(57)20-41(45)81-55/h1-20,35,42,47,56-64,71-73H,21-22H2,(H,69,70)/t35-,42-,47-,51+,52?,53?,54?,55?/m1/s1. The number of phenolic OH excluding ortho intramolecular Hbond substituents is 8. The molecule has 1 fully saturated rings. The van der Waals surface area contributed by atoms with Crippen molar-refractivity contribution >= 4 is 41.6 Å². The lowest BCUT2D eigenvalue weighted by molar-refractivity contribution is -0.316. The smallest absolute Gasteiger partial charge is 0.357 e. The summed E-state index contributed by atoms with van der Waals surface area (Å²) in [4.78, 5) is 67.3. The Morgan fingerprint density at radius 1 is 0.481 bits per heavy atom. The third kappa shape index (κ3) is 8.31. The molecule has 4 heterocycles. The first-order valence-electron chi connectivity index (χ1n) is 23.8. The van der Waals surface area contributed by atoms with Crippen LogP contribution in [0, 0.1) is 0 Å². The highest BCUT2D eigenvalue weighted by atomic mass is 16.8. The minimum atomic E-state index is -3.22. The van der Waals surface area contributed by atoms with Gasteiger partial charge < -0.3 is 104 Å². The maximum absolute atomic E-state index is 14.1. The molecule has 0 amide bonds. The number of carbonyl (C=O) groups excluding carboxylic acids is 4. The van der Waals surface area contributed by atoms with Crippen molar-refractivity contribution in [2.45, 2.75) is 59.9 Å². The third-order valence-corrected chi connectivity index (χ3v) is 13.8. The summed E-state index contributed by atoms with van der Waals surface area (Å²) in [6.07, 6.45) is -3.50. The maximum atomic E-state index is 14.1. The molecule has 11 rings (SSSR count). The van der Waals surface area contributed by atoms with Crippen LogP contribution in [0.3, 0.4) is 0 Å². The molecule has 13 N–H and O–H groups in total. The zero-order valence-electron chi connectivity index (χ0n) is 40.8. The normalized spacial score (nSPS) is 26.7. The van der Waals surface area contributed by atoms with Crippen molar-refractivity contribution in [2.75, 3.05) is 0 Å². The Hall–Kier alpha value is -10.4. The van der Waals surface area contributed by atoms with E-state index in [1.54, 1.807) is 0 Å². The van der Waals surface area contributed by atoms with Crippen LogP contribution < -0.4 is 28.4 Å². The molecule has 4 aliphatic heterocycles. The lowest BCUT2D eigenvalue weighted by Crippen LogP contribution is -2.70. The van der Waals surface area contributed by atoms with E-state index < -0.39 is 158 Å². The molecule has 1 aliphatic carbocycles. The number of aliphatic hydroxyl groups excluding tert-OH is 1. The molecule has 26 nitrogen and oxygen atoms in total. The van der Waals surface area contributed by atoms with Gasteiger partial charge in [0.25, 0.3) is 11.6 Å². The van der Waals surface area contributed by atoms with E-state index in [0.717, 1.165) is 85.0 Å². The van der Waals surface area contributed by atoms with Gasteiger partial charge >= 0.3 is 41.1 Å². The number of carboxylic acids is 1. The van der Waals surface area contributed by atoms with Gasteiger partial charge in [-0.3, -0.25) is 9.59 Å². The van der Waals surface area contributed by atoms with Crippen LogP contribution in [0.2, 0.25) is 0 Å². The minimum absolute atomic E-state index is 0.0826. The summed E-state index contributed by atoms with van der Waals surface area (Å²) in [6.45, 7) is 0. The molecule has 0 aromatic heterocycles. The fourth-order valence-electron chi connectivity index (χ4n) is 9.95. The van der Waals surface area contributed by atoms with Crippen molar-refractivity contribution in [3.63, 3.8) is 0 Å². The van der Waals surface area contributed by atoms with Crippen LogP contribution in [-0.4, -0.2) is 131 Å². The Bertz CT molecular complexity index is 3800. The maximum Gasteiger partial charge on any atom is 0.357 e. The van der Waals surface area contributed by atoms with Gasteiger partial charge in [0.1, 0.15) is 51.7 Å². The van der Waals surface area contributed by atoms with Gasteiger partial charge in [0, 0.05) is 60.4 Å². The Kier molecular flexibility index (Phi) is 11.9. The minimum Gasteiger partial charge on any atom is -0.508 e. The summed E-state index contributed by atoms with van der Waals surface area (Å²) in [6, 6.07) is 17.0. The second-order valence-electron chi connectivity index (χ2n) is 19.1. The number of rotatable bonds is 9. The SMILES string of the molecule is O=C(C=Cc1ccc2c(c1)OC1(c3ccc(O)c(O)c3)Oc3cc(O)cc(O)c3C(=O)C1(O)O2)O[C@@H]1[C@H](O)C[C@@](O)(C(=O)O)C[C@H]1OC(=O)C=Cc1ccc2c(c1)OC1(O)C(=O)c3c(O)cc(O)cc3OC1(c1ccc(O)c(O)c1)O2. The lowest BCUT2D eigenvalue weighted by atomic mass is 9.79. The van der Waals surface area contributed by atoms with Crippen molar-refractivity contribution in [1.29, 1.82) is 0 Å². The van der Waals surface area contributed by atoms with E-state index in [9.17, 15) is 90.4 Å². The molecule has 5 aliphatic rings. The van der Waals surface area contributed by atoms with E-state index in [1.807, 2.05) is 0 Å². The number of esters is 2. The van der Waals surface area contributed by atoms with Crippen LogP contribution in [0.1, 0.15) is 55.8 Å². The topological polar surface area (TPSA) is 422 Å². The van der Waals surface area contributed by atoms with E-state index >= 15 is 0 Å². The highest BCUT2D eigenvalue weighted by molar-refractivity contribution is 6.09. The zero-order valence-corrected chi connectivity index (χ0v) is 40.8. The highest BCUT2D eigenvalue weighted by Crippen LogP contribution is 2.58. The van der Waals surface area contributed by atoms with Crippen molar-refractivity contribution < 1.29 is 128 Å². The Morgan fingerprint density at radius 2 is 0.914 bits per heavy atom. The molecule has 0 radical (unpaired) electrons. The number of benzene rings is 6. The Balaban J connectivity index is 0.827. The molecule has 8 atom stereocenters. The summed E-state index contributed by atoms with van der Waals surface area (Å²) in [5.74, 6) is -26.3. The molecular formula is C55H40O26. The van der Waals surface area contributed by atoms with Gasteiger partial charge in [0.2, 0.25) is 0 Å². The van der Waals surface area contributed by atoms with Crippen LogP contribution in [-0.2, 0) is 35.4 Å². The first-order chi connectivity index (χ1) is 38.3. The number of aliphatic carboxylic acids is 1. The van der Waals surface area contributed by atoms with Gasteiger partial charge in [-0.1, -0.05) is 12.1 Å². The summed E-state index contributed by atoms with van der Waals surface area (Å²) < 4.78 is 47.0. The number of carbonyl (C=O) groups is 5. The van der Waals surface area contributed by atoms with Crippen LogP contribution >= 0.6 is 0 Å². The molecule has 0 saturated heterocycles. The molecule has 0 bridgehead atoms. The van der Waals surface area contributed by atoms with Gasteiger partial charge in [-0.05, 0) is 83.9 Å². The summed E-state index contributed by atoms with van der Waals surface area (Å²) in [5, 5.41) is 139. The van der Waals surface area contributed by atoms with Crippen molar-refractivity contribution in [3.05, 3.63) is 143 Å². The van der Waals surface area contributed by atoms with Crippen LogP contribution in [0.15, 0.2) is 109 Å². The van der Waals surface area contributed by atoms with Crippen LogP contribution in [0.5, 0.6) is 80.5 Å². The van der Waals surface area contributed by atoms with E-state index in [4.69, 9.17) is 37.9 Å². The molecule has 0 spiro atoms. The number of hydrogen-bond acceptors (Lipinski definition) is 25. The summed E-state index contributed by atoms with van der Waals surface area (Å²) >= 11 is 0. The fraction of sp³-hybridized carbons (Fsp3) is 0.182. The first-order valence-corrected chi connectivity index (χ1v) is 23.8. The van der Waals surface area contributed by atoms with Gasteiger partial charge in [-0.15, -0.1) is 0 Å². The first kappa shape index (κ1) is 52.6.